The van der Waals surface area contributed by atoms with Gasteiger partial charge in [0.25, 0.3) is 0 Å². The molecule has 0 amide bonds. The van der Waals surface area contributed by atoms with Crippen molar-refractivity contribution in [2.75, 3.05) is 37.0 Å². The van der Waals surface area contributed by atoms with Gasteiger partial charge in [0.1, 0.15) is 0 Å². The molecule has 0 aliphatic carbocycles. The van der Waals surface area contributed by atoms with Crippen LogP contribution in [-0.4, -0.2) is 37.0 Å². The van der Waals surface area contributed by atoms with Crippen LogP contribution in [0.4, 0.5) is 0 Å². The molecule has 2 aromatic carbocycles. The summed E-state index contributed by atoms with van der Waals surface area (Å²) in [6.07, 6.45) is 16.8. The van der Waals surface area contributed by atoms with Crippen LogP contribution in [0.3, 0.4) is 0 Å². The van der Waals surface area contributed by atoms with E-state index in [0.29, 0.717) is 15.8 Å². The third-order valence-corrected chi connectivity index (χ3v) is 10.3. The minimum Gasteiger partial charge on any atom is -1.00 e. The molecule has 0 nitrogen and oxygen atoms in total. The zero-order valence-corrected chi connectivity index (χ0v) is 28.4. The van der Waals surface area contributed by atoms with Crippen LogP contribution in [-0.2, 0) is 25.8 Å². The minimum absolute atomic E-state index is 0. The Morgan fingerprint density at radius 1 is 0.485 bits per heavy atom. The molecule has 0 aromatic heterocycles. The predicted octanol–water partition coefficient (Wildman–Crippen LogP) is 3.47. The first-order chi connectivity index (χ1) is 14.6. The molecule has 0 N–H and O–H groups in total. The summed E-state index contributed by atoms with van der Waals surface area (Å²) in [7, 11) is 0.892. The fourth-order valence-electron chi connectivity index (χ4n) is 2.80. The van der Waals surface area contributed by atoms with Crippen molar-refractivity contribution in [1.29, 1.82) is 0 Å². The molecule has 0 unspecified atom stereocenters. The van der Waals surface area contributed by atoms with Gasteiger partial charge in [-0.2, -0.15) is 0 Å². The SMILES string of the molecule is C(C=Cc1ccccc1)=Cc1ccccc1.CCP(CC)CC.CCP(CC)CC.[Cl-].[Cl-].[Hf]. The number of rotatable bonds is 9. The van der Waals surface area contributed by atoms with Gasteiger partial charge in [-0.05, 0) is 48.1 Å². The first-order valence-corrected chi connectivity index (χ1v) is 15.3. The smallest absolute Gasteiger partial charge is 0 e. The Labute approximate surface area is 239 Å². The molecule has 2 rings (SSSR count). The summed E-state index contributed by atoms with van der Waals surface area (Å²) >= 11 is 0. The van der Waals surface area contributed by atoms with E-state index in [2.05, 4.69) is 90.1 Å². The van der Waals surface area contributed by atoms with E-state index >= 15 is 0 Å². The predicted molar refractivity (Wildman–Crippen MR) is 148 cm³/mol. The number of hydrogen-bond donors (Lipinski definition) is 0. The van der Waals surface area contributed by atoms with Gasteiger partial charge in [0, 0.05) is 25.8 Å². The molecule has 0 aliphatic rings. The van der Waals surface area contributed by atoms with Crippen LogP contribution >= 0.6 is 15.8 Å². The molecular formula is C28H44Cl2HfP2-2. The Hall–Kier alpha value is 0.230. The van der Waals surface area contributed by atoms with E-state index < -0.39 is 0 Å². The van der Waals surface area contributed by atoms with Gasteiger partial charge in [-0.3, -0.25) is 0 Å². The van der Waals surface area contributed by atoms with Crippen LogP contribution in [0.2, 0.25) is 0 Å². The third kappa shape index (κ3) is 23.7. The maximum absolute atomic E-state index is 2.29. The molecular weight excluding hydrogens is 648 g/mol. The summed E-state index contributed by atoms with van der Waals surface area (Å²) in [5.41, 5.74) is 2.44. The van der Waals surface area contributed by atoms with E-state index in [1.54, 1.807) is 0 Å². The average molecular weight is 692 g/mol. The number of hydrogen-bond acceptors (Lipinski definition) is 0. The molecule has 5 heteroatoms. The summed E-state index contributed by atoms with van der Waals surface area (Å²) < 4.78 is 0. The Kier molecular flexibility index (Phi) is 37.0. The first-order valence-electron chi connectivity index (χ1n) is 11.5. The van der Waals surface area contributed by atoms with Gasteiger partial charge in [-0.25, -0.2) is 0 Å². The molecule has 0 radical (unpaired) electrons. The largest absolute Gasteiger partial charge is 1.00 e. The van der Waals surface area contributed by atoms with Crippen molar-refractivity contribution in [2.45, 2.75) is 41.5 Å². The first kappa shape index (κ1) is 40.4. The summed E-state index contributed by atoms with van der Waals surface area (Å²) in [6.45, 7) is 13.7. The number of benzene rings is 2. The average Bonchev–Trinajstić information content (AvgIpc) is 2.81. The second kappa shape index (κ2) is 30.3. The molecule has 33 heavy (non-hydrogen) atoms. The van der Waals surface area contributed by atoms with E-state index in [1.807, 2.05) is 36.4 Å². The van der Waals surface area contributed by atoms with Crippen molar-refractivity contribution in [3.05, 3.63) is 83.9 Å². The van der Waals surface area contributed by atoms with Crippen molar-refractivity contribution in [2.24, 2.45) is 0 Å². The Balaban J connectivity index is -0.000000212. The van der Waals surface area contributed by atoms with Crippen molar-refractivity contribution < 1.29 is 50.7 Å². The fourth-order valence-corrected chi connectivity index (χ4v) is 5.49. The van der Waals surface area contributed by atoms with E-state index in [1.165, 1.54) is 48.1 Å². The third-order valence-electron chi connectivity index (χ3n) is 4.97. The van der Waals surface area contributed by atoms with Gasteiger partial charge in [0.2, 0.25) is 0 Å². The minimum atomic E-state index is 0. The van der Waals surface area contributed by atoms with Gasteiger partial charge >= 0.3 is 0 Å². The van der Waals surface area contributed by atoms with Crippen LogP contribution in [0.1, 0.15) is 52.7 Å². The monoisotopic (exact) mass is 692 g/mol. The van der Waals surface area contributed by atoms with Crippen LogP contribution in [0.5, 0.6) is 0 Å². The van der Waals surface area contributed by atoms with E-state index in [0.717, 1.165) is 0 Å². The van der Waals surface area contributed by atoms with Crippen molar-refractivity contribution >= 4 is 28.0 Å². The Bertz CT molecular complexity index is 586. The van der Waals surface area contributed by atoms with Crippen molar-refractivity contribution in [1.82, 2.24) is 0 Å². The van der Waals surface area contributed by atoms with Crippen molar-refractivity contribution in [3.8, 4) is 0 Å². The molecule has 0 bridgehead atoms. The summed E-state index contributed by atoms with van der Waals surface area (Å²) in [5, 5.41) is 0. The molecule has 2 aromatic rings. The zero-order valence-electron chi connectivity index (χ0n) is 21.5. The topological polar surface area (TPSA) is 0 Å². The molecule has 0 spiro atoms. The molecule has 186 valence electrons. The van der Waals surface area contributed by atoms with Crippen LogP contribution < -0.4 is 24.8 Å². The molecule has 0 heterocycles. The molecule has 0 saturated carbocycles. The Morgan fingerprint density at radius 3 is 0.909 bits per heavy atom. The Morgan fingerprint density at radius 2 is 0.727 bits per heavy atom. The normalized spacial score (nSPS) is 9.82. The fraction of sp³-hybridized carbons (Fsp3) is 0.429. The maximum atomic E-state index is 2.29. The van der Waals surface area contributed by atoms with Crippen LogP contribution in [0, 0.1) is 0 Å². The van der Waals surface area contributed by atoms with Gasteiger partial charge in [0.15, 0.2) is 0 Å². The maximum Gasteiger partial charge on any atom is 0 e. The number of allylic oxidation sites excluding steroid dienone is 2. The zero-order chi connectivity index (χ0) is 22.5. The summed E-state index contributed by atoms with van der Waals surface area (Å²) in [4.78, 5) is 0. The van der Waals surface area contributed by atoms with Crippen LogP contribution in [0.15, 0.2) is 72.8 Å². The quantitative estimate of drug-likeness (QED) is 0.215. The summed E-state index contributed by atoms with van der Waals surface area (Å²) in [5.74, 6) is 0. The van der Waals surface area contributed by atoms with Gasteiger partial charge < -0.3 is 24.8 Å². The second-order valence-electron chi connectivity index (χ2n) is 6.78. The molecule has 0 aliphatic heterocycles. The van der Waals surface area contributed by atoms with Gasteiger partial charge in [-0.1, -0.05) is 127 Å². The van der Waals surface area contributed by atoms with E-state index in [4.69, 9.17) is 0 Å². The molecule has 0 saturated heterocycles. The van der Waals surface area contributed by atoms with E-state index in [9.17, 15) is 0 Å². The second-order valence-corrected chi connectivity index (χ2v) is 13.3. The molecule has 0 fully saturated rings. The van der Waals surface area contributed by atoms with Crippen molar-refractivity contribution in [3.63, 3.8) is 0 Å². The van der Waals surface area contributed by atoms with E-state index in [-0.39, 0.29) is 50.7 Å². The summed E-state index contributed by atoms with van der Waals surface area (Å²) in [6, 6.07) is 20.6. The molecule has 0 atom stereocenters. The number of halogens is 2. The van der Waals surface area contributed by atoms with Crippen LogP contribution in [0.25, 0.3) is 12.2 Å². The standard InChI is InChI=1S/C16H14.2C6H15P.2ClH.Hf/c1-3-9-15(10-4-1)13-7-8-14-16-11-5-2-6-12-16;2*1-4-7(5-2)6-3;;;/h1-14H;2*4-6H2,1-3H3;2*1H;/p-2. The van der Waals surface area contributed by atoms with Gasteiger partial charge in [0.05, 0.1) is 0 Å². The van der Waals surface area contributed by atoms with Gasteiger partial charge in [-0.15, -0.1) is 15.8 Å².